The predicted octanol–water partition coefficient (Wildman–Crippen LogP) is 14.2. The molecule has 0 bridgehead atoms. The number of aliphatic hydroxyl groups excluding tert-OH is 2. The molecule has 3 N–H and O–H groups in total. The molecule has 12 heteroatoms. The number of allylic oxidation sites excluding steroid dienone is 21. The lowest BCUT2D eigenvalue weighted by Gasteiger charge is -2.40. The molecule has 0 amide bonds. The number of aliphatic hydroxyl groups is 2. The molecular formula is C63H96O12. The molecule has 0 aromatic rings. The first-order chi connectivity index (χ1) is 36.6. The topological polar surface area (TPSA) is 175 Å². The molecule has 75 heavy (non-hydrogen) atoms. The fourth-order valence-electron chi connectivity index (χ4n) is 7.52. The van der Waals surface area contributed by atoms with Crippen molar-refractivity contribution in [1.82, 2.24) is 0 Å². The number of esters is 3. The van der Waals surface area contributed by atoms with E-state index in [9.17, 15) is 34.5 Å². The molecule has 0 radical (unpaired) electrons. The van der Waals surface area contributed by atoms with Crippen molar-refractivity contribution in [3.8, 4) is 0 Å². The second-order valence-corrected chi connectivity index (χ2v) is 18.5. The second-order valence-electron chi connectivity index (χ2n) is 18.5. The van der Waals surface area contributed by atoms with Gasteiger partial charge in [0.25, 0.3) is 0 Å². The molecule has 1 aliphatic rings. The smallest absolute Gasteiger partial charge is 0.335 e. The minimum Gasteiger partial charge on any atom is -0.479 e. The molecule has 1 fully saturated rings. The Labute approximate surface area is 451 Å². The summed E-state index contributed by atoms with van der Waals surface area (Å²) in [5, 5.41) is 31.4. The lowest BCUT2D eigenvalue weighted by atomic mass is 9.98. The van der Waals surface area contributed by atoms with Gasteiger partial charge >= 0.3 is 23.9 Å². The van der Waals surface area contributed by atoms with E-state index in [0.29, 0.717) is 25.7 Å². The molecule has 420 valence electrons. The molecule has 1 aliphatic heterocycles. The number of hydrogen-bond acceptors (Lipinski definition) is 11. The highest BCUT2D eigenvalue weighted by Gasteiger charge is 2.50. The monoisotopic (exact) mass is 1040 g/mol. The number of unbranched alkanes of at least 4 members (excludes halogenated alkanes) is 10. The van der Waals surface area contributed by atoms with Crippen LogP contribution in [0.4, 0.5) is 0 Å². The number of carbonyl (C=O) groups is 4. The number of ether oxygens (including phenoxy) is 5. The van der Waals surface area contributed by atoms with Crippen LogP contribution in [0.25, 0.3) is 0 Å². The van der Waals surface area contributed by atoms with E-state index in [1.54, 1.807) is 6.08 Å². The van der Waals surface area contributed by atoms with Gasteiger partial charge < -0.3 is 39.0 Å². The van der Waals surface area contributed by atoms with Crippen molar-refractivity contribution in [3.05, 3.63) is 134 Å². The Morgan fingerprint density at radius 3 is 1.32 bits per heavy atom. The van der Waals surface area contributed by atoms with Crippen molar-refractivity contribution in [2.75, 3.05) is 13.2 Å². The number of hydrogen-bond donors (Lipinski definition) is 3. The zero-order valence-corrected chi connectivity index (χ0v) is 46.0. The minimum atomic E-state index is -1.94. The van der Waals surface area contributed by atoms with Crippen LogP contribution in [0.2, 0.25) is 0 Å². The van der Waals surface area contributed by atoms with Gasteiger partial charge in [0, 0.05) is 12.8 Å². The molecule has 6 atom stereocenters. The average Bonchev–Trinajstić information content (AvgIpc) is 3.39. The standard InChI is InChI=1S/C63H96O12/c1-4-7-10-13-16-19-22-24-26-27-28-29-31-33-36-39-42-45-48-51-57(66)74-61-59(68)58(67)60(62(69)70)75-63(61)72-53-54(73-56(65)50-47-44-41-38-34-21-18-15-12-9-6-3)52-71-55(64)49-46-43-40-37-35-32-30-25-23-20-17-14-11-8-5-2/h7-8,10-11,16-17,19-20,24-26,28-30,33,35-37,42-43,45-46,54,58-61,63,67-68H,4-6,9,12-15,18,21-23,27,31-32,34,38-41,44,47-53H2,1-3H3,(H,69,70)/b10-7-,11-8-,19-16-,20-17-,26-24-,29-28-,30-25-,36-33-,37-35-,45-42-,46-43-. The summed E-state index contributed by atoms with van der Waals surface area (Å²) in [5.74, 6) is -3.42. The van der Waals surface area contributed by atoms with Gasteiger partial charge in [0.15, 0.2) is 24.6 Å². The molecular weight excluding hydrogens is 949 g/mol. The molecule has 0 saturated carbocycles. The maximum Gasteiger partial charge on any atom is 0.335 e. The van der Waals surface area contributed by atoms with Gasteiger partial charge in [0.05, 0.1) is 13.0 Å². The van der Waals surface area contributed by atoms with Crippen molar-refractivity contribution in [1.29, 1.82) is 0 Å². The van der Waals surface area contributed by atoms with Crippen LogP contribution in [-0.4, -0.2) is 89.2 Å². The summed E-state index contributed by atoms with van der Waals surface area (Å²) in [6.45, 7) is 5.61. The van der Waals surface area contributed by atoms with E-state index in [0.717, 1.165) is 77.0 Å². The van der Waals surface area contributed by atoms with E-state index < -0.39 is 67.3 Å². The first-order valence-corrected chi connectivity index (χ1v) is 28.2. The molecule has 12 nitrogen and oxygen atoms in total. The van der Waals surface area contributed by atoms with Crippen molar-refractivity contribution in [3.63, 3.8) is 0 Å². The van der Waals surface area contributed by atoms with Gasteiger partial charge in [-0.2, -0.15) is 0 Å². The van der Waals surface area contributed by atoms with Crippen LogP contribution in [0.5, 0.6) is 0 Å². The lowest BCUT2D eigenvalue weighted by molar-refractivity contribution is -0.301. The maximum absolute atomic E-state index is 13.1. The van der Waals surface area contributed by atoms with E-state index in [2.05, 4.69) is 118 Å². The van der Waals surface area contributed by atoms with Gasteiger partial charge in [0.2, 0.25) is 0 Å². The van der Waals surface area contributed by atoms with Gasteiger partial charge in [-0.25, -0.2) is 4.79 Å². The Morgan fingerprint density at radius 2 is 0.880 bits per heavy atom. The molecule has 0 aliphatic carbocycles. The van der Waals surface area contributed by atoms with Crippen LogP contribution in [0.1, 0.15) is 188 Å². The number of carbonyl (C=O) groups excluding carboxylic acids is 3. The molecule has 6 unspecified atom stereocenters. The van der Waals surface area contributed by atoms with Crippen molar-refractivity contribution in [2.24, 2.45) is 0 Å². The third-order valence-electron chi connectivity index (χ3n) is 11.8. The van der Waals surface area contributed by atoms with Crippen molar-refractivity contribution in [2.45, 2.75) is 225 Å². The van der Waals surface area contributed by atoms with Gasteiger partial charge in [-0.15, -0.1) is 0 Å². The Hall–Kier alpha value is -5.14. The first-order valence-electron chi connectivity index (χ1n) is 28.2. The van der Waals surface area contributed by atoms with Crippen molar-refractivity contribution < 1.29 is 58.2 Å². The Balaban J connectivity index is 2.79. The van der Waals surface area contributed by atoms with E-state index >= 15 is 0 Å². The Bertz CT molecular complexity index is 1810. The Kier molecular flexibility index (Phi) is 45.0. The van der Waals surface area contributed by atoms with Crippen molar-refractivity contribution >= 4 is 23.9 Å². The molecule has 0 spiro atoms. The van der Waals surface area contributed by atoms with Gasteiger partial charge in [0.1, 0.15) is 18.8 Å². The van der Waals surface area contributed by atoms with Crippen LogP contribution in [0.15, 0.2) is 134 Å². The Morgan fingerprint density at radius 1 is 0.467 bits per heavy atom. The zero-order valence-electron chi connectivity index (χ0n) is 46.0. The quantitative estimate of drug-likeness (QED) is 0.0228. The molecule has 0 aromatic heterocycles. The van der Waals surface area contributed by atoms with E-state index in [1.165, 1.54) is 44.9 Å². The number of carboxylic acids is 1. The van der Waals surface area contributed by atoms with Crippen LogP contribution in [0.3, 0.4) is 0 Å². The normalized spacial score (nSPS) is 19.2. The first kappa shape index (κ1) is 67.9. The maximum atomic E-state index is 13.1. The lowest BCUT2D eigenvalue weighted by Crippen LogP contribution is -2.61. The highest BCUT2D eigenvalue weighted by molar-refractivity contribution is 5.74. The SMILES string of the molecule is CC/C=C\C/C=C\C/C=C\C/C=C\C/C=C\C/C=C\CCC(=O)OC1C(OCC(COC(=O)C/C=C\C/C=C\C/C=C\C/C=C\C/C=C\CC)OC(=O)CCCCCCCCCCCCC)OC(C(=O)O)C(O)C1O. The third kappa shape index (κ3) is 39.9. The van der Waals surface area contributed by atoms with Gasteiger partial charge in [-0.05, 0) is 83.5 Å². The van der Waals surface area contributed by atoms with Gasteiger partial charge in [-0.3, -0.25) is 14.4 Å². The summed E-state index contributed by atoms with van der Waals surface area (Å²) in [6, 6.07) is 0. The summed E-state index contributed by atoms with van der Waals surface area (Å²) in [5.41, 5.74) is 0. The van der Waals surface area contributed by atoms with E-state index in [-0.39, 0.29) is 25.9 Å². The van der Waals surface area contributed by atoms with Crippen LogP contribution in [-0.2, 0) is 42.9 Å². The number of aliphatic carboxylic acids is 1. The van der Waals surface area contributed by atoms with Gasteiger partial charge in [-0.1, -0.05) is 219 Å². The number of carboxylic acid groups (broad SMARTS) is 1. The predicted molar refractivity (Wildman–Crippen MR) is 303 cm³/mol. The minimum absolute atomic E-state index is 0.0273. The molecule has 0 aromatic carbocycles. The van der Waals surface area contributed by atoms with E-state index in [1.807, 2.05) is 30.4 Å². The van der Waals surface area contributed by atoms with Crippen LogP contribution >= 0.6 is 0 Å². The fraction of sp³-hybridized carbons (Fsp3) is 0.587. The molecule has 1 saturated heterocycles. The second kappa shape index (κ2) is 49.7. The number of rotatable bonds is 45. The summed E-state index contributed by atoms with van der Waals surface area (Å²) in [4.78, 5) is 50.9. The van der Waals surface area contributed by atoms with Crippen LogP contribution < -0.4 is 0 Å². The summed E-state index contributed by atoms with van der Waals surface area (Å²) in [7, 11) is 0. The average molecular weight is 1050 g/mol. The fourth-order valence-corrected chi connectivity index (χ4v) is 7.52. The highest BCUT2D eigenvalue weighted by atomic mass is 16.7. The summed E-state index contributed by atoms with van der Waals surface area (Å²) >= 11 is 0. The van der Waals surface area contributed by atoms with Crippen LogP contribution in [0, 0.1) is 0 Å². The molecule has 1 rings (SSSR count). The third-order valence-corrected chi connectivity index (χ3v) is 11.8. The highest BCUT2D eigenvalue weighted by Crippen LogP contribution is 2.26. The summed E-state index contributed by atoms with van der Waals surface area (Å²) in [6.07, 6.45) is 57.6. The van der Waals surface area contributed by atoms with E-state index in [4.69, 9.17) is 23.7 Å². The molecule has 1 heterocycles. The largest absolute Gasteiger partial charge is 0.479 e. The summed E-state index contributed by atoms with van der Waals surface area (Å²) < 4.78 is 28.1. The zero-order chi connectivity index (χ0) is 54.7.